The lowest BCUT2D eigenvalue weighted by Crippen LogP contribution is -2.37. The van der Waals surface area contributed by atoms with E-state index in [0.717, 1.165) is 0 Å². The van der Waals surface area contributed by atoms with Crippen LogP contribution in [0.15, 0.2) is 48.8 Å². The van der Waals surface area contributed by atoms with Gasteiger partial charge in [0.2, 0.25) is 5.95 Å². The maximum Gasteiger partial charge on any atom is 0.326 e. The number of ether oxygens (including phenoxy) is 1. The number of esters is 1. The lowest BCUT2D eigenvalue weighted by Gasteiger charge is -2.22. The van der Waals surface area contributed by atoms with E-state index in [1.165, 1.54) is 9.80 Å². The van der Waals surface area contributed by atoms with Crippen LogP contribution in [0.1, 0.15) is 6.42 Å². The first kappa shape index (κ1) is 18.9. The fourth-order valence-electron chi connectivity index (χ4n) is 2.19. The highest BCUT2D eigenvalue weighted by Gasteiger charge is 2.18. The van der Waals surface area contributed by atoms with Crippen molar-refractivity contribution in [2.24, 2.45) is 0 Å². The van der Waals surface area contributed by atoms with Crippen LogP contribution in [0.2, 0.25) is 0 Å². The van der Waals surface area contributed by atoms with Crippen LogP contribution in [0.3, 0.4) is 0 Å². The summed E-state index contributed by atoms with van der Waals surface area (Å²) in [5.41, 5.74) is 0.651. The number of nitrogens with zero attached hydrogens (tertiary/aromatic N) is 5. The quantitative estimate of drug-likeness (QED) is 0.661. The molecule has 0 saturated heterocycles. The van der Waals surface area contributed by atoms with Gasteiger partial charge in [0.25, 0.3) is 5.91 Å². The Morgan fingerprint density at radius 3 is 2.50 bits per heavy atom. The maximum atomic E-state index is 12.4. The fourth-order valence-corrected chi connectivity index (χ4v) is 2.19. The van der Waals surface area contributed by atoms with Crippen LogP contribution >= 0.6 is 0 Å². The highest BCUT2D eigenvalue weighted by Crippen LogP contribution is 2.14. The van der Waals surface area contributed by atoms with Crippen molar-refractivity contribution in [1.29, 1.82) is 5.26 Å². The Bertz CT molecular complexity index is 761. The lowest BCUT2D eigenvalue weighted by molar-refractivity contribution is -0.146. The average Bonchev–Trinajstić information content (AvgIpc) is 2.68. The summed E-state index contributed by atoms with van der Waals surface area (Å²) in [4.78, 5) is 35.4. The Kier molecular flexibility index (Phi) is 7.06. The van der Waals surface area contributed by atoms with E-state index in [4.69, 9.17) is 10.00 Å². The molecule has 0 bridgehead atoms. The standard InChI is InChI=1S/C18H19N5O3/c1-22(18-20-10-6-11-21-18)13-17(25)26-14-16(24)23(12-5-9-19)15-7-3-2-4-8-15/h2-4,6-8,10-11H,5,12-14H2,1H3. The number of likely N-dealkylation sites (N-methyl/N-ethyl adjacent to an activating group) is 1. The topological polar surface area (TPSA) is 99.4 Å². The third kappa shape index (κ3) is 5.56. The van der Waals surface area contributed by atoms with Crippen LogP contribution in [0.5, 0.6) is 0 Å². The molecule has 0 radical (unpaired) electrons. The van der Waals surface area contributed by atoms with Crippen molar-refractivity contribution >= 4 is 23.5 Å². The van der Waals surface area contributed by atoms with E-state index in [9.17, 15) is 9.59 Å². The molecular formula is C18H19N5O3. The molecule has 1 aromatic heterocycles. The van der Waals surface area contributed by atoms with Gasteiger partial charge in [0.1, 0.15) is 6.54 Å². The van der Waals surface area contributed by atoms with E-state index >= 15 is 0 Å². The van der Waals surface area contributed by atoms with E-state index in [2.05, 4.69) is 9.97 Å². The van der Waals surface area contributed by atoms with Crippen molar-refractivity contribution in [2.45, 2.75) is 6.42 Å². The summed E-state index contributed by atoms with van der Waals surface area (Å²) in [6.45, 7) is -0.252. The van der Waals surface area contributed by atoms with Crippen molar-refractivity contribution in [3.63, 3.8) is 0 Å². The molecule has 0 aliphatic carbocycles. The van der Waals surface area contributed by atoms with Gasteiger partial charge < -0.3 is 14.5 Å². The molecule has 8 nitrogen and oxygen atoms in total. The van der Waals surface area contributed by atoms with Crippen LogP contribution in [0.25, 0.3) is 0 Å². The van der Waals surface area contributed by atoms with Gasteiger partial charge in [0.15, 0.2) is 6.61 Å². The van der Waals surface area contributed by atoms with Gasteiger partial charge in [-0.3, -0.25) is 9.59 Å². The molecule has 2 aromatic rings. The minimum Gasteiger partial charge on any atom is -0.454 e. The Balaban J connectivity index is 1.90. The summed E-state index contributed by atoms with van der Waals surface area (Å²) in [6.07, 6.45) is 3.32. The van der Waals surface area contributed by atoms with Crippen LogP contribution < -0.4 is 9.80 Å². The molecule has 0 aliphatic rings. The first-order valence-electron chi connectivity index (χ1n) is 7.98. The van der Waals surface area contributed by atoms with E-state index in [0.29, 0.717) is 11.6 Å². The van der Waals surface area contributed by atoms with E-state index < -0.39 is 18.5 Å². The third-order valence-corrected chi connectivity index (χ3v) is 3.43. The number of para-hydroxylation sites is 1. The van der Waals surface area contributed by atoms with Gasteiger partial charge >= 0.3 is 5.97 Å². The van der Waals surface area contributed by atoms with E-state index in [1.807, 2.05) is 12.1 Å². The normalized spacial score (nSPS) is 9.85. The van der Waals surface area contributed by atoms with E-state index in [-0.39, 0.29) is 19.5 Å². The zero-order chi connectivity index (χ0) is 18.8. The summed E-state index contributed by atoms with van der Waals surface area (Å²) in [5.74, 6) is -0.573. The van der Waals surface area contributed by atoms with Crippen LogP contribution in [-0.2, 0) is 14.3 Å². The van der Waals surface area contributed by atoms with Crippen molar-refractivity contribution in [2.75, 3.05) is 36.5 Å². The molecule has 0 saturated carbocycles. The number of hydrogen-bond donors (Lipinski definition) is 0. The van der Waals surface area contributed by atoms with Crippen LogP contribution in [0.4, 0.5) is 11.6 Å². The lowest BCUT2D eigenvalue weighted by atomic mass is 10.2. The summed E-state index contributed by atoms with van der Waals surface area (Å²) < 4.78 is 5.07. The van der Waals surface area contributed by atoms with Gasteiger partial charge in [-0.1, -0.05) is 18.2 Å². The van der Waals surface area contributed by atoms with Crippen molar-refractivity contribution in [3.05, 3.63) is 48.8 Å². The average molecular weight is 353 g/mol. The number of benzene rings is 1. The first-order valence-corrected chi connectivity index (χ1v) is 7.98. The molecule has 1 heterocycles. The fraction of sp³-hybridized carbons (Fsp3) is 0.278. The number of rotatable bonds is 8. The van der Waals surface area contributed by atoms with Crippen molar-refractivity contribution in [3.8, 4) is 6.07 Å². The second-order valence-electron chi connectivity index (χ2n) is 5.35. The minimum atomic E-state index is -0.568. The summed E-state index contributed by atoms with van der Waals surface area (Å²) in [6, 6.07) is 12.6. The monoisotopic (exact) mass is 353 g/mol. The number of anilines is 2. The Morgan fingerprint density at radius 2 is 1.85 bits per heavy atom. The molecule has 0 spiro atoms. The smallest absolute Gasteiger partial charge is 0.326 e. The first-order chi connectivity index (χ1) is 12.6. The predicted octanol–water partition coefficient (Wildman–Crippen LogP) is 1.40. The molecule has 0 unspecified atom stereocenters. The van der Waals surface area contributed by atoms with Gasteiger partial charge in [-0.2, -0.15) is 5.26 Å². The molecule has 0 fully saturated rings. The third-order valence-electron chi connectivity index (χ3n) is 3.43. The predicted molar refractivity (Wildman–Crippen MR) is 95.3 cm³/mol. The molecule has 8 heteroatoms. The SMILES string of the molecule is CN(CC(=O)OCC(=O)N(CCC#N)c1ccccc1)c1ncccn1. The largest absolute Gasteiger partial charge is 0.454 e. The number of carbonyl (C=O) groups is 2. The Labute approximate surface area is 151 Å². The zero-order valence-corrected chi connectivity index (χ0v) is 14.4. The maximum absolute atomic E-state index is 12.4. The molecule has 0 atom stereocenters. The van der Waals surface area contributed by atoms with Crippen molar-refractivity contribution in [1.82, 2.24) is 9.97 Å². The number of nitriles is 1. The molecule has 134 valence electrons. The second-order valence-corrected chi connectivity index (χ2v) is 5.35. The van der Waals surface area contributed by atoms with Gasteiger partial charge in [0.05, 0.1) is 12.5 Å². The molecule has 0 aliphatic heterocycles. The molecular weight excluding hydrogens is 334 g/mol. The van der Waals surface area contributed by atoms with Gasteiger partial charge in [0, 0.05) is 31.7 Å². The highest BCUT2D eigenvalue weighted by molar-refractivity contribution is 5.95. The highest BCUT2D eigenvalue weighted by atomic mass is 16.5. The van der Waals surface area contributed by atoms with Gasteiger partial charge in [-0.25, -0.2) is 9.97 Å². The molecule has 26 heavy (non-hydrogen) atoms. The van der Waals surface area contributed by atoms with Gasteiger partial charge in [-0.15, -0.1) is 0 Å². The zero-order valence-electron chi connectivity index (χ0n) is 14.4. The minimum absolute atomic E-state index is 0.0825. The summed E-state index contributed by atoms with van der Waals surface area (Å²) in [5, 5.41) is 8.78. The summed E-state index contributed by atoms with van der Waals surface area (Å²) in [7, 11) is 1.65. The van der Waals surface area contributed by atoms with Crippen LogP contribution in [0, 0.1) is 11.3 Å². The molecule has 0 N–H and O–H groups in total. The second kappa shape index (κ2) is 9.74. The molecule has 2 rings (SSSR count). The summed E-state index contributed by atoms with van der Waals surface area (Å²) >= 11 is 0. The number of hydrogen-bond acceptors (Lipinski definition) is 7. The number of aromatic nitrogens is 2. The Hall–Kier alpha value is -3.47. The van der Waals surface area contributed by atoms with Crippen molar-refractivity contribution < 1.29 is 14.3 Å². The van der Waals surface area contributed by atoms with E-state index in [1.54, 1.807) is 49.8 Å². The van der Waals surface area contributed by atoms with Gasteiger partial charge in [-0.05, 0) is 18.2 Å². The Morgan fingerprint density at radius 1 is 1.15 bits per heavy atom. The molecule has 1 amide bonds. The van der Waals surface area contributed by atoms with Crippen LogP contribution in [-0.4, -0.2) is 48.6 Å². The number of amides is 1. The number of carbonyl (C=O) groups excluding carboxylic acids is 2. The molecule has 1 aromatic carbocycles.